The second-order valence-electron chi connectivity index (χ2n) is 4.45. The fourth-order valence-electron chi connectivity index (χ4n) is 1.91. The lowest BCUT2D eigenvalue weighted by atomic mass is 10.2. The van der Waals surface area contributed by atoms with Crippen LogP contribution in [0.15, 0.2) is 29.3 Å². The molecule has 0 unspecified atom stereocenters. The molecule has 0 radical (unpaired) electrons. The van der Waals surface area contributed by atoms with E-state index in [1.165, 1.54) is 16.6 Å². The van der Waals surface area contributed by atoms with Crippen molar-refractivity contribution in [2.45, 2.75) is 32.0 Å². The Balaban J connectivity index is 2.21. The molecule has 2 rings (SSSR count). The fourth-order valence-corrected chi connectivity index (χ4v) is 3.47. The summed E-state index contributed by atoms with van der Waals surface area (Å²) in [7, 11) is 0. The van der Waals surface area contributed by atoms with Crippen LogP contribution in [-0.2, 0) is 22.5 Å². The molecule has 22 heavy (non-hydrogen) atoms. The van der Waals surface area contributed by atoms with Gasteiger partial charge in [-0.1, -0.05) is 24.8 Å². The molecule has 118 valence electrons. The van der Waals surface area contributed by atoms with Crippen LogP contribution >= 0.6 is 23.1 Å². The molecule has 0 bridgehead atoms. The number of carbonyl (C=O) groups excluding carboxylic acids is 1. The predicted octanol–water partition coefficient (Wildman–Crippen LogP) is 3.41. The molecule has 0 N–H and O–H groups in total. The molecule has 0 spiro atoms. The lowest BCUT2D eigenvalue weighted by molar-refractivity contribution is -0.139. The normalized spacial score (nSPS) is 10.6. The molecular formula is C15H19N3O2S2. The second-order valence-corrected chi connectivity index (χ2v) is 6.39. The number of carbonyl (C=O) groups is 1. The Kier molecular flexibility index (Phi) is 6.21. The zero-order valence-electron chi connectivity index (χ0n) is 12.7. The Bertz CT molecular complexity index is 649. The SMILES string of the molecule is C=CCn1c(SCC(=O)OCC)nnc1-c1csc(CC)c1. The van der Waals surface area contributed by atoms with E-state index in [1.54, 1.807) is 24.3 Å². The van der Waals surface area contributed by atoms with Crippen molar-refractivity contribution < 1.29 is 9.53 Å². The van der Waals surface area contributed by atoms with Gasteiger partial charge in [0.1, 0.15) is 0 Å². The first-order chi connectivity index (χ1) is 10.7. The van der Waals surface area contributed by atoms with Crippen LogP contribution in [0.3, 0.4) is 0 Å². The summed E-state index contributed by atoms with van der Waals surface area (Å²) in [5.41, 5.74) is 1.05. The summed E-state index contributed by atoms with van der Waals surface area (Å²) in [5.74, 6) is 0.792. The average molecular weight is 337 g/mol. The van der Waals surface area contributed by atoms with Gasteiger partial charge in [0, 0.05) is 22.4 Å². The van der Waals surface area contributed by atoms with E-state index < -0.39 is 0 Å². The van der Waals surface area contributed by atoms with Crippen LogP contribution in [-0.4, -0.2) is 33.1 Å². The van der Waals surface area contributed by atoms with E-state index in [9.17, 15) is 4.79 Å². The number of hydrogen-bond donors (Lipinski definition) is 0. The molecule has 2 heterocycles. The maximum absolute atomic E-state index is 11.5. The van der Waals surface area contributed by atoms with Gasteiger partial charge in [0.05, 0.1) is 12.4 Å². The Morgan fingerprint density at radius 1 is 1.50 bits per heavy atom. The van der Waals surface area contributed by atoms with Crippen molar-refractivity contribution in [2.75, 3.05) is 12.4 Å². The standard InChI is InChI=1S/C15H19N3O2S2/c1-4-7-18-14(11-8-12(5-2)21-9-11)16-17-15(18)22-10-13(19)20-6-3/h4,8-9H,1,5-7,10H2,2-3H3. The van der Waals surface area contributed by atoms with E-state index >= 15 is 0 Å². The van der Waals surface area contributed by atoms with Gasteiger partial charge in [0.25, 0.3) is 0 Å². The summed E-state index contributed by atoms with van der Waals surface area (Å²) in [5, 5.41) is 11.3. The van der Waals surface area contributed by atoms with Gasteiger partial charge >= 0.3 is 5.97 Å². The number of thioether (sulfide) groups is 1. The Morgan fingerprint density at radius 3 is 2.95 bits per heavy atom. The molecule has 2 aromatic heterocycles. The van der Waals surface area contributed by atoms with Crippen LogP contribution < -0.4 is 0 Å². The fraction of sp³-hybridized carbons (Fsp3) is 0.400. The molecule has 0 aliphatic rings. The molecule has 0 fully saturated rings. The van der Waals surface area contributed by atoms with E-state index in [-0.39, 0.29) is 11.7 Å². The third-order valence-electron chi connectivity index (χ3n) is 2.91. The first-order valence-electron chi connectivity index (χ1n) is 7.09. The third-order valence-corrected chi connectivity index (χ3v) is 4.93. The number of thiophene rings is 1. The molecule has 0 saturated heterocycles. The smallest absolute Gasteiger partial charge is 0.316 e. The minimum atomic E-state index is -0.244. The number of hydrogen-bond acceptors (Lipinski definition) is 6. The highest BCUT2D eigenvalue weighted by Gasteiger charge is 2.16. The van der Waals surface area contributed by atoms with Crippen LogP contribution in [0.5, 0.6) is 0 Å². The van der Waals surface area contributed by atoms with Crippen molar-refractivity contribution in [3.05, 3.63) is 29.0 Å². The van der Waals surface area contributed by atoms with Crippen LogP contribution in [0.2, 0.25) is 0 Å². The second kappa shape index (κ2) is 8.14. The first-order valence-corrected chi connectivity index (χ1v) is 8.96. The number of allylic oxidation sites excluding steroid dienone is 1. The zero-order valence-corrected chi connectivity index (χ0v) is 14.4. The molecule has 0 aromatic carbocycles. The molecule has 7 heteroatoms. The van der Waals surface area contributed by atoms with Gasteiger partial charge in [-0.2, -0.15) is 0 Å². The van der Waals surface area contributed by atoms with E-state index in [2.05, 4.69) is 35.1 Å². The summed E-state index contributed by atoms with van der Waals surface area (Å²) < 4.78 is 6.91. The lowest BCUT2D eigenvalue weighted by Gasteiger charge is -2.06. The summed E-state index contributed by atoms with van der Waals surface area (Å²) in [6.07, 6.45) is 2.80. The highest BCUT2D eigenvalue weighted by atomic mass is 32.2. The predicted molar refractivity (Wildman–Crippen MR) is 90.3 cm³/mol. The summed E-state index contributed by atoms with van der Waals surface area (Å²) >= 11 is 3.05. The molecule has 5 nitrogen and oxygen atoms in total. The maximum atomic E-state index is 11.5. The van der Waals surface area contributed by atoms with Gasteiger partial charge in [0.2, 0.25) is 0 Å². The van der Waals surface area contributed by atoms with Crippen LogP contribution in [0, 0.1) is 0 Å². The highest BCUT2D eigenvalue weighted by Crippen LogP contribution is 2.28. The van der Waals surface area contributed by atoms with E-state index in [1.807, 2.05) is 4.57 Å². The monoisotopic (exact) mass is 337 g/mol. The Morgan fingerprint density at radius 2 is 2.32 bits per heavy atom. The molecule has 2 aromatic rings. The van der Waals surface area contributed by atoms with Gasteiger partial charge in [-0.3, -0.25) is 9.36 Å². The molecule has 0 atom stereocenters. The number of aromatic nitrogens is 3. The largest absolute Gasteiger partial charge is 0.465 e. The van der Waals surface area contributed by atoms with Gasteiger partial charge in [0.15, 0.2) is 11.0 Å². The van der Waals surface area contributed by atoms with Gasteiger partial charge < -0.3 is 4.74 Å². The highest BCUT2D eigenvalue weighted by molar-refractivity contribution is 7.99. The van der Waals surface area contributed by atoms with Gasteiger partial charge in [-0.25, -0.2) is 0 Å². The van der Waals surface area contributed by atoms with Crippen LogP contribution in [0.1, 0.15) is 18.7 Å². The van der Waals surface area contributed by atoms with Crippen molar-refractivity contribution in [1.29, 1.82) is 0 Å². The maximum Gasteiger partial charge on any atom is 0.316 e. The van der Waals surface area contributed by atoms with E-state index in [4.69, 9.17) is 4.74 Å². The van der Waals surface area contributed by atoms with Crippen molar-refractivity contribution in [1.82, 2.24) is 14.8 Å². The van der Waals surface area contributed by atoms with Crippen molar-refractivity contribution in [3.8, 4) is 11.4 Å². The summed E-state index contributed by atoms with van der Waals surface area (Å²) in [6.45, 7) is 8.70. The number of rotatable bonds is 8. The molecule has 0 saturated carbocycles. The lowest BCUT2D eigenvalue weighted by Crippen LogP contribution is -2.08. The molecule has 0 aliphatic carbocycles. The van der Waals surface area contributed by atoms with Gasteiger partial charge in [-0.05, 0) is 19.4 Å². The number of ether oxygens (including phenoxy) is 1. The number of esters is 1. The van der Waals surface area contributed by atoms with E-state index in [0.29, 0.717) is 18.3 Å². The molecule has 0 aliphatic heterocycles. The Labute approximate surface area is 138 Å². The van der Waals surface area contributed by atoms with Crippen LogP contribution in [0.4, 0.5) is 0 Å². The van der Waals surface area contributed by atoms with Crippen LogP contribution in [0.25, 0.3) is 11.4 Å². The van der Waals surface area contributed by atoms with Crippen molar-refractivity contribution in [3.63, 3.8) is 0 Å². The minimum absolute atomic E-state index is 0.229. The van der Waals surface area contributed by atoms with Crippen molar-refractivity contribution >= 4 is 29.1 Å². The Hall–Kier alpha value is -1.60. The number of nitrogens with zero attached hydrogens (tertiary/aromatic N) is 3. The first kappa shape index (κ1) is 16.8. The van der Waals surface area contributed by atoms with Crippen molar-refractivity contribution in [2.24, 2.45) is 0 Å². The summed E-state index contributed by atoms with van der Waals surface area (Å²) in [4.78, 5) is 12.8. The number of aryl methyl sites for hydroxylation is 1. The van der Waals surface area contributed by atoms with Gasteiger partial charge in [-0.15, -0.1) is 28.1 Å². The molecular weight excluding hydrogens is 318 g/mol. The van der Waals surface area contributed by atoms with E-state index in [0.717, 1.165) is 17.8 Å². The minimum Gasteiger partial charge on any atom is -0.465 e. The topological polar surface area (TPSA) is 57.0 Å². The average Bonchev–Trinajstić information content (AvgIpc) is 3.12. The quantitative estimate of drug-likeness (QED) is 0.420. The molecule has 0 amide bonds. The third kappa shape index (κ3) is 3.98. The summed E-state index contributed by atoms with van der Waals surface area (Å²) in [6, 6.07) is 2.13. The zero-order chi connectivity index (χ0) is 15.9.